The van der Waals surface area contributed by atoms with Gasteiger partial charge in [0.2, 0.25) is 5.91 Å². The third kappa shape index (κ3) is 2.78. The third-order valence-electron chi connectivity index (χ3n) is 4.15. The average Bonchev–Trinajstić information content (AvgIpc) is 3.13. The lowest BCUT2D eigenvalue weighted by Gasteiger charge is -2.13. The molecule has 1 amide bonds. The molecule has 112 valence electrons. The largest absolute Gasteiger partial charge is 0.384 e. The molecule has 0 unspecified atom stereocenters. The second kappa shape index (κ2) is 5.35. The van der Waals surface area contributed by atoms with E-state index in [0.717, 1.165) is 40.0 Å². The van der Waals surface area contributed by atoms with Crippen LogP contribution in [0.1, 0.15) is 24.1 Å². The quantitative estimate of drug-likeness (QED) is 0.891. The summed E-state index contributed by atoms with van der Waals surface area (Å²) >= 11 is 6.13. The maximum atomic E-state index is 12.2. The minimum atomic E-state index is -0.291. The second-order valence-electron chi connectivity index (χ2n) is 5.88. The van der Waals surface area contributed by atoms with Crippen LogP contribution >= 0.6 is 11.6 Å². The van der Waals surface area contributed by atoms with Crippen molar-refractivity contribution in [2.75, 3.05) is 13.7 Å². The Hall–Kier alpha value is -1.52. The number of ether oxygens (including phenoxy) is 1. The van der Waals surface area contributed by atoms with Crippen molar-refractivity contribution in [3.63, 3.8) is 0 Å². The molecule has 4 nitrogen and oxygen atoms in total. The van der Waals surface area contributed by atoms with Crippen LogP contribution in [0.5, 0.6) is 0 Å². The number of fused-ring (bicyclic) bond motifs is 1. The Balaban J connectivity index is 1.70. The second-order valence-corrected chi connectivity index (χ2v) is 6.29. The number of halogens is 1. The van der Waals surface area contributed by atoms with Crippen molar-refractivity contribution in [2.45, 2.75) is 26.3 Å². The van der Waals surface area contributed by atoms with Crippen LogP contribution in [-0.2, 0) is 16.1 Å². The molecule has 2 N–H and O–H groups in total. The number of benzene rings is 1. The van der Waals surface area contributed by atoms with Gasteiger partial charge in [-0.3, -0.25) is 4.79 Å². The first-order valence-electron chi connectivity index (χ1n) is 7.09. The van der Waals surface area contributed by atoms with Gasteiger partial charge in [-0.1, -0.05) is 11.6 Å². The number of amides is 1. The van der Waals surface area contributed by atoms with Gasteiger partial charge in [-0.05, 0) is 43.5 Å². The summed E-state index contributed by atoms with van der Waals surface area (Å²) in [4.78, 5) is 15.5. The molecule has 2 aromatic rings. The van der Waals surface area contributed by atoms with Crippen molar-refractivity contribution in [1.29, 1.82) is 0 Å². The van der Waals surface area contributed by atoms with Crippen molar-refractivity contribution >= 4 is 28.4 Å². The summed E-state index contributed by atoms with van der Waals surface area (Å²) in [5, 5.41) is 4.81. The van der Waals surface area contributed by atoms with Gasteiger partial charge in [0.15, 0.2) is 0 Å². The first kappa shape index (κ1) is 14.4. The number of hydrogen-bond donors (Lipinski definition) is 2. The van der Waals surface area contributed by atoms with E-state index in [1.807, 2.05) is 25.1 Å². The van der Waals surface area contributed by atoms with Crippen LogP contribution in [0.15, 0.2) is 18.2 Å². The number of aryl methyl sites for hydroxylation is 1. The Morgan fingerprint density at radius 3 is 2.86 bits per heavy atom. The maximum absolute atomic E-state index is 12.2. The van der Waals surface area contributed by atoms with Gasteiger partial charge < -0.3 is 15.0 Å². The lowest BCUT2D eigenvalue weighted by atomic mass is 10.1. The highest BCUT2D eigenvalue weighted by Gasteiger charge is 2.49. The average molecular weight is 307 g/mol. The van der Waals surface area contributed by atoms with Gasteiger partial charge in [0, 0.05) is 28.7 Å². The fourth-order valence-electron chi connectivity index (χ4n) is 2.64. The highest BCUT2D eigenvalue weighted by Crippen LogP contribution is 2.46. The van der Waals surface area contributed by atoms with Crippen LogP contribution in [-0.4, -0.2) is 24.6 Å². The first-order valence-corrected chi connectivity index (χ1v) is 7.47. The van der Waals surface area contributed by atoms with Crippen LogP contribution in [0, 0.1) is 12.3 Å². The number of carbonyl (C=O) groups is 1. The summed E-state index contributed by atoms with van der Waals surface area (Å²) in [5.41, 5.74) is 2.77. The molecule has 0 spiro atoms. The lowest BCUT2D eigenvalue weighted by molar-refractivity contribution is -0.128. The predicted octanol–water partition coefficient (Wildman–Crippen LogP) is 3.17. The molecule has 1 aliphatic rings. The predicted molar refractivity (Wildman–Crippen MR) is 83.4 cm³/mol. The van der Waals surface area contributed by atoms with E-state index >= 15 is 0 Å². The number of nitrogens with one attached hydrogen (secondary N) is 2. The molecule has 0 saturated heterocycles. The smallest absolute Gasteiger partial charge is 0.228 e. The molecule has 1 fully saturated rings. The summed E-state index contributed by atoms with van der Waals surface area (Å²) < 4.78 is 5.13. The number of methoxy groups -OCH3 is 1. The number of hydrogen-bond acceptors (Lipinski definition) is 2. The Bertz CT molecular complexity index is 650. The molecule has 1 heterocycles. The van der Waals surface area contributed by atoms with Crippen LogP contribution in [0.4, 0.5) is 0 Å². The molecule has 0 atom stereocenters. The van der Waals surface area contributed by atoms with Gasteiger partial charge in [-0.2, -0.15) is 0 Å². The zero-order valence-corrected chi connectivity index (χ0v) is 13.0. The molecule has 1 aromatic heterocycles. The zero-order chi connectivity index (χ0) is 15.0. The van der Waals surface area contributed by atoms with Crippen LogP contribution in [0.2, 0.25) is 5.02 Å². The minimum absolute atomic E-state index is 0.0808. The Kier molecular flexibility index (Phi) is 3.68. The highest BCUT2D eigenvalue weighted by molar-refractivity contribution is 6.32. The van der Waals surface area contributed by atoms with Crippen molar-refractivity contribution in [1.82, 2.24) is 10.3 Å². The molecule has 1 saturated carbocycles. The van der Waals surface area contributed by atoms with Gasteiger partial charge in [0.25, 0.3) is 0 Å². The molecule has 5 heteroatoms. The molecule has 1 aromatic carbocycles. The van der Waals surface area contributed by atoms with Crippen molar-refractivity contribution in [3.05, 3.63) is 34.5 Å². The maximum Gasteiger partial charge on any atom is 0.228 e. The van der Waals surface area contributed by atoms with Gasteiger partial charge >= 0.3 is 0 Å². The summed E-state index contributed by atoms with van der Waals surface area (Å²) in [7, 11) is 1.64. The topological polar surface area (TPSA) is 54.1 Å². The van der Waals surface area contributed by atoms with Gasteiger partial charge in [-0.15, -0.1) is 0 Å². The fraction of sp³-hybridized carbons (Fsp3) is 0.438. The molecular formula is C16H19ClN2O2. The van der Waals surface area contributed by atoms with Gasteiger partial charge in [0.1, 0.15) is 0 Å². The minimum Gasteiger partial charge on any atom is -0.384 e. The van der Waals surface area contributed by atoms with Crippen LogP contribution < -0.4 is 5.32 Å². The number of carbonyl (C=O) groups excluding carboxylic acids is 1. The summed E-state index contributed by atoms with van der Waals surface area (Å²) in [5.74, 6) is 0.0808. The van der Waals surface area contributed by atoms with Gasteiger partial charge in [0.05, 0.1) is 18.6 Å². The fourth-order valence-corrected chi connectivity index (χ4v) is 2.82. The van der Waals surface area contributed by atoms with Crippen molar-refractivity contribution in [2.24, 2.45) is 5.41 Å². The van der Waals surface area contributed by atoms with Crippen LogP contribution in [0.25, 0.3) is 10.9 Å². The molecule has 21 heavy (non-hydrogen) atoms. The SMILES string of the molecule is COCC1(C(=O)NCc2cc3cc(Cl)c(C)cc3[nH]2)CC1. The molecule has 0 aliphatic heterocycles. The Morgan fingerprint density at radius 1 is 1.43 bits per heavy atom. The summed E-state index contributed by atoms with van der Waals surface area (Å²) in [6, 6.07) is 5.99. The van der Waals surface area contributed by atoms with Crippen molar-refractivity contribution in [3.8, 4) is 0 Å². The summed E-state index contributed by atoms with van der Waals surface area (Å²) in [6.07, 6.45) is 1.82. The number of aromatic amines is 1. The Labute approximate surface area is 128 Å². The normalized spacial score (nSPS) is 16.1. The van der Waals surface area contributed by atoms with E-state index in [1.165, 1.54) is 0 Å². The lowest BCUT2D eigenvalue weighted by Crippen LogP contribution is -2.34. The number of rotatable bonds is 5. The van der Waals surface area contributed by atoms with E-state index < -0.39 is 0 Å². The molecule has 3 rings (SSSR count). The standard InChI is InChI=1S/C16H19ClN2O2/c1-10-5-14-11(7-13(10)17)6-12(19-14)8-18-15(20)16(3-4-16)9-21-2/h5-7,19H,3-4,8-9H2,1-2H3,(H,18,20). The monoisotopic (exact) mass is 306 g/mol. The van der Waals surface area contributed by atoms with Crippen molar-refractivity contribution < 1.29 is 9.53 Å². The van der Waals surface area contributed by atoms with E-state index in [0.29, 0.717) is 13.2 Å². The van der Waals surface area contributed by atoms with E-state index in [-0.39, 0.29) is 11.3 Å². The van der Waals surface area contributed by atoms with E-state index in [9.17, 15) is 4.79 Å². The molecule has 0 bridgehead atoms. The van der Waals surface area contributed by atoms with Crippen LogP contribution in [0.3, 0.4) is 0 Å². The first-order chi connectivity index (χ1) is 10.0. The zero-order valence-electron chi connectivity index (χ0n) is 12.3. The summed E-state index contributed by atoms with van der Waals surface area (Å²) in [6.45, 7) is 2.97. The molecule has 1 aliphatic carbocycles. The molecule has 0 radical (unpaired) electrons. The van der Waals surface area contributed by atoms with E-state index in [1.54, 1.807) is 7.11 Å². The van der Waals surface area contributed by atoms with E-state index in [4.69, 9.17) is 16.3 Å². The third-order valence-corrected chi connectivity index (χ3v) is 4.56. The van der Waals surface area contributed by atoms with E-state index in [2.05, 4.69) is 10.3 Å². The number of H-pyrrole nitrogens is 1. The molecular weight excluding hydrogens is 288 g/mol. The Morgan fingerprint density at radius 2 is 2.19 bits per heavy atom. The van der Waals surface area contributed by atoms with Gasteiger partial charge in [-0.25, -0.2) is 0 Å². The highest BCUT2D eigenvalue weighted by atomic mass is 35.5. The number of aromatic nitrogens is 1.